The van der Waals surface area contributed by atoms with Crippen molar-refractivity contribution < 1.29 is 9.18 Å². The Morgan fingerprint density at radius 1 is 1.43 bits per heavy atom. The fourth-order valence-electron chi connectivity index (χ4n) is 2.02. The third-order valence-electron chi connectivity index (χ3n) is 2.93. The normalized spacial score (nSPS) is 10.8. The summed E-state index contributed by atoms with van der Waals surface area (Å²) < 4.78 is 15.7. The average Bonchev–Trinajstić information content (AvgIpc) is 2.88. The van der Waals surface area contributed by atoms with Crippen molar-refractivity contribution in [3.05, 3.63) is 42.7 Å². The maximum absolute atomic E-state index is 14.0. The zero-order valence-electron chi connectivity index (χ0n) is 13.1. The van der Waals surface area contributed by atoms with Crippen LogP contribution in [0.25, 0.3) is 11.4 Å². The molecule has 0 aliphatic rings. The van der Waals surface area contributed by atoms with Gasteiger partial charge in [0, 0.05) is 12.6 Å². The summed E-state index contributed by atoms with van der Waals surface area (Å²) >= 11 is 1.27. The minimum Gasteiger partial charge on any atom is -0.353 e. The van der Waals surface area contributed by atoms with Crippen LogP contribution in [-0.2, 0) is 11.3 Å². The number of amides is 1. The van der Waals surface area contributed by atoms with Gasteiger partial charge in [-0.25, -0.2) is 4.39 Å². The highest BCUT2D eigenvalue weighted by molar-refractivity contribution is 7.99. The van der Waals surface area contributed by atoms with Gasteiger partial charge >= 0.3 is 0 Å². The second-order valence-corrected chi connectivity index (χ2v) is 6.14. The van der Waals surface area contributed by atoms with Gasteiger partial charge in [0.2, 0.25) is 5.91 Å². The molecule has 0 aliphatic heterocycles. The first-order valence-corrected chi connectivity index (χ1v) is 8.22. The Labute approximate surface area is 139 Å². The van der Waals surface area contributed by atoms with E-state index in [0.717, 1.165) is 0 Å². The van der Waals surface area contributed by atoms with Crippen LogP contribution in [0.5, 0.6) is 0 Å². The third kappa shape index (κ3) is 4.41. The van der Waals surface area contributed by atoms with Crippen molar-refractivity contribution in [3.63, 3.8) is 0 Å². The Morgan fingerprint density at radius 2 is 2.17 bits per heavy atom. The summed E-state index contributed by atoms with van der Waals surface area (Å²) in [6.07, 6.45) is 1.69. The zero-order chi connectivity index (χ0) is 16.8. The monoisotopic (exact) mass is 334 g/mol. The summed E-state index contributed by atoms with van der Waals surface area (Å²) in [5.41, 5.74) is 0.375. The minimum absolute atomic E-state index is 0.0782. The number of rotatable bonds is 7. The van der Waals surface area contributed by atoms with Gasteiger partial charge in [0.25, 0.3) is 0 Å². The van der Waals surface area contributed by atoms with Crippen LogP contribution in [0.1, 0.15) is 13.8 Å². The van der Waals surface area contributed by atoms with Crippen molar-refractivity contribution in [2.75, 3.05) is 5.75 Å². The summed E-state index contributed by atoms with van der Waals surface area (Å²) in [7, 11) is 0. The molecule has 1 aromatic heterocycles. The van der Waals surface area contributed by atoms with Crippen LogP contribution in [0.3, 0.4) is 0 Å². The van der Waals surface area contributed by atoms with E-state index >= 15 is 0 Å². The van der Waals surface area contributed by atoms with Gasteiger partial charge < -0.3 is 5.32 Å². The topological polar surface area (TPSA) is 59.8 Å². The highest BCUT2D eigenvalue weighted by Crippen LogP contribution is 2.25. The standard InChI is InChI=1S/C16H19FN4OS/c1-4-9-21-15(12-7-5-6-8-13(12)17)19-20-16(21)23-10-14(22)18-11(2)3/h4-8,11H,1,9-10H2,2-3H3,(H,18,22). The quantitative estimate of drug-likeness (QED) is 0.625. The van der Waals surface area contributed by atoms with Crippen LogP contribution in [0.4, 0.5) is 4.39 Å². The predicted molar refractivity (Wildman–Crippen MR) is 89.6 cm³/mol. The highest BCUT2D eigenvalue weighted by Gasteiger charge is 2.17. The smallest absolute Gasteiger partial charge is 0.230 e. The largest absolute Gasteiger partial charge is 0.353 e. The number of hydrogen-bond acceptors (Lipinski definition) is 4. The number of carbonyl (C=O) groups excluding carboxylic acids is 1. The lowest BCUT2D eigenvalue weighted by Crippen LogP contribution is -2.31. The molecule has 1 N–H and O–H groups in total. The van der Waals surface area contributed by atoms with Crippen LogP contribution in [0, 0.1) is 5.82 Å². The van der Waals surface area contributed by atoms with Crippen LogP contribution in [-0.4, -0.2) is 32.5 Å². The summed E-state index contributed by atoms with van der Waals surface area (Å²) in [5, 5.41) is 11.5. The van der Waals surface area contributed by atoms with E-state index in [-0.39, 0.29) is 23.5 Å². The lowest BCUT2D eigenvalue weighted by Gasteiger charge is -2.09. The van der Waals surface area contributed by atoms with E-state index in [1.807, 2.05) is 13.8 Å². The first-order chi connectivity index (χ1) is 11.0. The molecule has 7 heteroatoms. The van der Waals surface area contributed by atoms with Crippen LogP contribution in [0.2, 0.25) is 0 Å². The Balaban J connectivity index is 2.23. The Bertz CT molecular complexity index is 699. The molecule has 0 radical (unpaired) electrons. The molecular weight excluding hydrogens is 315 g/mol. The molecule has 1 heterocycles. The molecule has 1 aromatic carbocycles. The van der Waals surface area contributed by atoms with Gasteiger partial charge in [-0.3, -0.25) is 9.36 Å². The molecule has 5 nitrogen and oxygen atoms in total. The summed E-state index contributed by atoms with van der Waals surface area (Å²) in [5.74, 6) is 0.213. The maximum Gasteiger partial charge on any atom is 0.230 e. The van der Waals surface area contributed by atoms with Crippen molar-refractivity contribution >= 4 is 17.7 Å². The van der Waals surface area contributed by atoms with Gasteiger partial charge in [-0.15, -0.1) is 16.8 Å². The molecule has 1 amide bonds. The van der Waals surface area contributed by atoms with Gasteiger partial charge in [0.1, 0.15) is 5.82 Å². The number of halogens is 1. The van der Waals surface area contributed by atoms with Gasteiger partial charge in [-0.05, 0) is 26.0 Å². The van der Waals surface area contributed by atoms with Crippen LogP contribution >= 0.6 is 11.8 Å². The van der Waals surface area contributed by atoms with Crippen molar-refractivity contribution in [1.82, 2.24) is 20.1 Å². The number of allylic oxidation sites excluding steroid dienone is 1. The molecule has 2 aromatic rings. The summed E-state index contributed by atoms with van der Waals surface area (Å²) in [6.45, 7) is 7.95. The predicted octanol–water partition coefficient (Wildman–Crippen LogP) is 2.89. The molecule has 0 bridgehead atoms. The van der Waals surface area contributed by atoms with Crippen molar-refractivity contribution in [2.45, 2.75) is 31.6 Å². The third-order valence-corrected chi connectivity index (χ3v) is 3.89. The fraction of sp³-hybridized carbons (Fsp3) is 0.312. The number of nitrogens with zero attached hydrogens (tertiary/aromatic N) is 3. The molecule has 0 unspecified atom stereocenters. The van der Waals surface area contributed by atoms with Crippen molar-refractivity contribution in [3.8, 4) is 11.4 Å². The molecule has 122 valence electrons. The van der Waals surface area contributed by atoms with Gasteiger partial charge in [-0.1, -0.05) is 30.0 Å². The Morgan fingerprint density at radius 3 is 2.83 bits per heavy atom. The summed E-state index contributed by atoms with van der Waals surface area (Å²) in [6, 6.07) is 6.49. The number of aromatic nitrogens is 3. The number of hydrogen-bond donors (Lipinski definition) is 1. The number of thioether (sulfide) groups is 1. The lowest BCUT2D eigenvalue weighted by atomic mass is 10.2. The van der Waals surface area contributed by atoms with Crippen molar-refractivity contribution in [2.24, 2.45) is 0 Å². The van der Waals surface area contributed by atoms with E-state index in [0.29, 0.717) is 23.1 Å². The minimum atomic E-state index is -0.362. The first-order valence-electron chi connectivity index (χ1n) is 7.24. The van der Waals surface area contributed by atoms with E-state index in [9.17, 15) is 9.18 Å². The number of benzene rings is 1. The van der Waals surface area contributed by atoms with Gasteiger partial charge in [0.15, 0.2) is 11.0 Å². The van der Waals surface area contributed by atoms with Crippen LogP contribution < -0.4 is 5.32 Å². The van der Waals surface area contributed by atoms with E-state index < -0.39 is 0 Å². The van der Waals surface area contributed by atoms with E-state index in [1.54, 1.807) is 28.8 Å². The van der Waals surface area contributed by atoms with Gasteiger partial charge in [0.05, 0.1) is 11.3 Å². The molecule has 0 saturated heterocycles. The first kappa shape index (κ1) is 17.2. The zero-order valence-corrected chi connectivity index (χ0v) is 13.9. The summed E-state index contributed by atoms with van der Waals surface area (Å²) in [4.78, 5) is 11.8. The fourth-order valence-corrected chi connectivity index (χ4v) is 2.78. The molecule has 2 rings (SSSR count). The van der Waals surface area contributed by atoms with Crippen LogP contribution in [0.15, 0.2) is 42.1 Å². The van der Waals surface area contributed by atoms with E-state index in [4.69, 9.17) is 0 Å². The van der Waals surface area contributed by atoms with Crippen molar-refractivity contribution in [1.29, 1.82) is 0 Å². The molecule has 0 atom stereocenters. The average molecular weight is 334 g/mol. The maximum atomic E-state index is 14.0. The molecule has 0 aliphatic carbocycles. The van der Waals surface area contributed by atoms with Gasteiger partial charge in [-0.2, -0.15) is 0 Å². The molecular formula is C16H19FN4OS. The SMILES string of the molecule is C=CCn1c(SCC(=O)NC(C)C)nnc1-c1ccccc1F. The van der Waals surface area contributed by atoms with E-state index in [2.05, 4.69) is 22.1 Å². The molecule has 0 spiro atoms. The van der Waals surface area contributed by atoms with E-state index in [1.165, 1.54) is 17.8 Å². The highest BCUT2D eigenvalue weighted by atomic mass is 32.2. The second-order valence-electron chi connectivity index (χ2n) is 5.20. The Hall–Kier alpha value is -2.15. The second kappa shape index (κ2) is 7.92. The molecule has 23 heavy (non-hydrogen) atoms. The molecule has 0 saturated carbocycles. The number of nitrogens with one attached hydrogen (secondary N) is 1. The Kier molecular flexibility index (Phi) is 5.92. The molecule has 0 fully saturated rings. The number of carbonyl (C=O) groups is 1. The lowest BCUT2D eigenvalue weighted by molar-refractivity contribution is -0.119.